The second kappa shape index (κ2) is 5.98. The topological polar surface area (TPSA) is 12.0 Å². The smallest absolute Gasteiger partial charge is 0.123 e. The monoisotopic (exact) mass is 287 g/mol. The van der Waals surface area contributed by atoms with Crippen LogP contribution in [0.25, 0.3) is 0 Å². The fourth-order valence-electron chi connectivity index (χ4n) is 2.77. The molecule has 0 aromatic heterocycles. The van der Waals surface area contributed by atoms with Crippen LogP contribution in [0.1, 0.15) is 11.1 Å². The average molecular weight is 287 g/mol. The summed E-state index contributed by atoms with van der Waals surface area (Å²) < 4.78 is 13.3. The highest BCUT2D eigenvalue weighted by Crippen LogP contribution is 2.38. The van der Waals surface area contributed by atoms with Crippen molar-refractivity contribution in [3.63, 3.8) is 0 Å². The van der Waals surface area contributed by atoms with Crippen LogP contribution in [-0.2, 0) is 12.8 Å². The van der Waals surface area contributed by atoms with Gasteiger partial charge < -0.3 is 5.32 Å². The van der Waals surface area contributed by atoms with Crippen LogP contribution in [0.4, 0.5) is 4.39 Å². The minimum atomic E-state index is -0.153. The van der Waals surface area contributed by atoms with Crippen LogP contribution in [0.5, 0.6) is 0 Å². The van der Waals surface area contributed by atoms with Gasteiger partial charge in [0.15, 0.2) is 0 Å². The first kappa shape index (κ1) is 13.7. The number of hydrogen-bond acceptors (Lipinski definition) is 2. The SMILES string of the molecule is CNC(Cc1cccc(F)c1)C1Cc2ccccc2S1. The molecule has 20 heavy (non-hydrogen) atoms. The molecule has 0 amide bonds. The van der Waals surface area contributed by atoms with E-state index in [9.17, 15) is 4.39 Å². The van der Waals surface area contributed by atoms with Crippen LogP contribution in [0, 0.1) is 5.82 Å². The molecule has 3 heteroatoms. The Bertz CT molecular complexity index is 574. The van der Waals surface area contributed by atoms with Crippen LogP contribution >= 0.6 is 11.8 Å². The minimum absolute atomic E-state index is 0.153. The summed E-state index contributed by atoms with van der Waals surface area (Å²) in [5, 5.41) is 3.92. The average Bonchev–Trinajstić information content (AvgIpc) is 2.88. The molecule has 0 saturated heterocycles. The van der Waals surface area contributed by atoms with Gasteiger partial charge in [-0.3, -0.25) is 0 Å². The maximum atomic E-state index is 13.3. The summed E-state index contributed by atoms with van der Waals surface area (Å²) in [4.78, 5) is 1.39. The zero-order valence-electron chi connectivity index (χ0n) is 11.5. The van der Waals surface area contributed by atoms with E-state index >= 15 is 0 Å². The molecular weight excluding hydrogens is 269 g/mol. The zero-order chi connectivity index (χ0) is 13.9. The summed E-state index contributed by atoms with van der Waals surface area (Å²) in [6, 6.07) is 15.9. The predicted octanol–water partition coefficient (Wildman–Crippen LogP) is 3.67. The predicted molar refractivity (Wildman–Crippen MR) is 82.7 cm³/mol. The fraction of sp³-hybridized carbons (Fsp3) is 0.294. The lowest BCUT2D eigenvalue weighted by Crippen LogP contribution is -2.37. The number of thioether (sulfide) groups is 1. The first-order valence-corrected chi connectivity index (χ1v) is 7.80. The Balaban J connectivity index is 1.72. The molecule has 0 fully saturated rings. The summed E-state index contributed by atoms with van der Waals surface area (Å²) >= 11 is 1.94. The number of halogens is 1. The maximum absolute atomic E-state index is 13.3. The van der Waals surface area contributed by atoms with E-state index < -0.39 is 0 Å². The number of likely N-dealkylation sites (N-methyl/N-ethyl adjacent to an activating group) is 1. The molecule has 3 rings (SSSR count). The molecule has 0 spiro atoms. The molecule has 1 aliphatic rings. The van der Waals surface area contributed by atoms with Gasteiger partial charge in [0.2, 0.25) is 0 Å². The number of nitrogens with one attached hydrogen (secondary N) is 1. The molecule has 2 aromatic rings. The Labute approximate surface area is 123 Å². The number of fused-ring (bicyclic) bond motifs is 1. The Hall–Kier alpha value is -1.32. The minimum Gasteiger partial charge on any atom is -0.316 e. The van der Waals surface area contributed by atoms with Gasteiger partial charge >= 0.3 is 0 Å². The third-order valence-corrected chi connectivity index (χ3v) is 5.29. The van der Waals surface area contributed by atoms with Gasteiger partial charge in [-0.1, -0.05) is 30.3 Å². The van der Waals surface area contributed by atoms with E-state index in [1.807, 2.05) is 24.9 Å². The zero-order valence-corrected chi connectivity index (χ0v) is 12.3. The van der Waals surface area contributed by atoms with Gasteiger partial charge in [-0.25, -0.2) is 4.39 Å². The third-order valence-electron chi connectivity index (χ3n) is 3.84. The van der Waals surface area contributed by atoms with Crippen molar-refractivity contribution in [2.24, 2.45) is 0 Å². The largest absolute Gasteiger partial charge is 0.316 e. The van der Waals surface area contributed by atoms with Crippen molar-refractivity contribution in [2.75, 3.05) is 7.05 Å². The molecular formula is C17H18FNS. The number of rotatable bonds is 4. The van der Waals surface area contributed by atoms with E-state index in [1.54, 1.807) is 12.1 Å². The summed E-state index contributed by atoms with van der Waals surface area (Å²) in [7, 11) is 1.99. The molecule has 2 unspecified atom stereocenters. The van der Waals surface area contributed by atoms with Gasteiger partial charge in [-0.2, -0.15) is 0 Å². The lowest BCUT2D eigenvalue weighted by molar-refractivity contribution is 0.534. The lowest BCUT2D eigenvalue weighted by Gasteiger charge is -2.22. The van der Waals surface area contributed by atoms with Crippen molar-refractivity contribution < 1.29 is 4.39 Å². The van der Waals surface area contributed by atoms with E-state index in [-0.39, 0.29) is 5.82 Å². The second-order valence-electron chi connectivity index (χ2n) is 5.20. The lowest BCUT2D eigenvalue weighted by atomic mass is 9.99. The van der Waals surface area contributed by atoms with Crippen LogP contribution < -0.4 is 5.32 Å². The maximum Gasteiger partial charge on any atom is 0.123 e. The summed E-state index contributed by atoms with van der Waals surface area (Å²) in [6.45, 7) is 0. The molecule has 1 nitrogen and oxygen atoms in total. The Morgan fingerprint density at radius 1 is 1.25 bits per heavy atom. The van der Waals surface area contributed by atoms with Crippen molar-refractivity contribution >= 4 is 11.8 Å². The van der Waals surface area contributed by atoms with Gasteiger partial charge in [0.1, 0.15) is 5.82 Å². The number of hydrogen-bond donors (Lipinski definition) is 1. The van der Waals surface area contributed by atoms with Crippen LogP contribution in [0.15, 0.2) is 53.4 Å². The Morgan fingerprint density at radius 2 is 2.10 bits per heavy atom. The van der Waals surface area contributed by atoms with Crippen molar-refractivity contribution in [1.82, 2.24) is 5.32 Å². The quantitative estimate of drug-likeness (QED) is 0.921. The summed E-state index contributed by atoms with van der Waals surface area (Å²) in [5.74, 6) is -0.153. The first-order valence-electron chi connectivity index (χ1n) is 6.92. The summed E-state index contributed by atoms with van der Waals surface area (Å²) in [6.07, 6.45) is 1.95. The van der Waals surface area contributed by atoms with Gasteiger partial charge in [0, 0.05) is 16.2 Å². The van der Waals surface area contributed by atoms with E-state index in [2.05, 4.69) is 29.6 Å². The van der Waals surface area contributed by atoms with Crippen molar-refractivity contribution in [2.45, 2.75) is 29.0 Å². The van der Waals surface area contributed by atoms with Crippen molar-refractivity contribution in [1.29, 1.82) is 0 Å². The van der Waals surface area contributed by atoms with Gasteiger partial charge in [-0.15, -0.1) is 11.8 Å². The molecule has 1 N–H and O–H groups in total. The Kier molecular flexibility index (Phi) is 4.08. The Morgan fingerprint density at radius 3 is 2.85 bits per heavy atom. The normalized spacial score (nSPS) is 18.8. The molecule has 2 aromatic carbocycles. The third kappa shape index (κ3) is 2.89. The highest BCUT2D eigenvalue weighted by molar-refractivity contribution is 8.00. The van der Waals surface area contributed by atoms with Gasteiger partial charge in [-0.05, 0) is 49.2 Å². The molecule has 0 saturated carbocycles. The molecule has 0 bridgehead atoms. The van der Waals surface area contributed by atoms with E-state index in [0.29, 0.717) is 11.3 Å². The van der Waals surface area contributed by atoms with Crippen molar-refractivity contribution in [3.05, 3.63) is 65.5 Å². The second-order valence-corrected chi connectivity index (χ2v) is 6.48. The van der Waals surface area contributed by atoms with Crippen LogP contribution in [0.3, 0.4) is 0 Å². The van der Waals surface area contributed by atoms with Gasteiger partial charge in [0.25, 0.3) is 0 Å². The standard InChI is InChI=1S/C17H18FNS/c1-19-15(10-12-5-4-7-14(18)9-12)17-11-13-6-2-3-8-16(13)20-17/h2-9,15,17,19H,10-11H2,1H3. The molecule has 1 aliphatic heterocycles. The summed E-state index contributed by atoms with van der Waals surface area (Å²) in [5.41, 5.74) is 2.49. The molecule has 0 radical (unpaired) electrons. The van der Waals surface area contributed by atoms with Crippen LogP contribution in [-0.4, -0.2) is 18.3 Å². The fourth-order valence-corrected chi connectivity index (χ4v) is 4.22. The van der Waals surface area contributed by atoms with E-state index in [4.69, 9.17) is 0 Å². The van der Waals surface area contributed by atoms with E-state index in [1.165, 1.54) is 16.5 Å². The highest BCUT2D eigenvalue weighted by atomic mass is 32.2. The molecule has 104 valence electrons. The van der Waals surface area contributed by atoms with E-state index in [0.717, 1.165) is 18.4 Å². The molecule has 1 heterocycles. The highest BCUT2D eigenvalue weighted by Gasteiger charge is 2.28. The molecule has 0 aliphatic carbocycles. The van der Waals surface area contributed by atoms with Crippen molar-refractivity contribution in [3.8, 4) is 0 Å². The molecule has 2 atom stereocenters. The van der Waals surface area contributed by atoms with Gasteiger partial charge in [0.05, 0.1) is 0 Å². The first-order chi connectivity index (χ1) is 9.76. The van der Waals surface area contributed by atoms with Crippen LogP contribution in [0.2, 0.25) is 0 Å². The number of benzene rings is 2.